The second-order valence-corrected chi connectivity index (χ2v) is 3.33. The number of thioether (sulfide) groups is 1. The molecule has 0 aliphatic heterocycles. The molecule has 0 radical (unpaired) electrons. The summed E-state index contributed by atoms with van der Waals surface area (Å²) in [5, 5.41) is 12.0. The molecule has 1 aromatic carbocycles. The van der Waals surface area contributed by atoms with Crippen molar-refractivity contribution in [2.45, 2.75) is 4.90 Å². The standard InChI is InChI=1S/C8H8ClNOS/c1-12-8-6(5-10-11)3-2-4-7(8)9/h2-5,11H,1H3. The molecule has 0 fully saturated rings. The first-order chi connectivity index (χ1) is 5.79. The van der Waals surface area contributed by atoms with Crippen LogP contribution >= 0.6 is 23.4 Å². The number of nitrogens with zero attached hydrogens (tertiary/aromatic N) is 1. The first-order valence-electron chi connectivity index (χ1n) is 3.29. The number of oxime groups is 1. The molecule has 4 heteroatoms. The van der Waals surface area contributed by atoms with Gasteiger partial charge in [0.2, 0.25) is 0 Å². The van der Waals surface area contributed by atoms with E-state index in [4.69, 9.17) is 16.8 Å². The first-order valence-corrected chi connectivity index (χ1v) is 4.89. The fourth-order valence-electron chi connectivity index (χ4n) is 0.905. The quantitative estimate of drug-likeness (QED) is 0.346. The van der Waals surface area contributed by atoms with Crippen LogP contribution in [0.3, 0.4) is 0 Å². The summed E-state index contributed by atoms with van der Waals surface area (Å²) in [5.74, 6) is 0. The van der Waals surface area contributed by atoms with Crippen LogP contribution in [0.4, 0.5) is 0 Å². The Kier molecular flexibility index (Phi) is 3.44. The van der Waals surface area contributed by atoms with E-state index in [-0.39, 0.29) is 0 Å². The molecule has 12 heavy (non-hydrogen) atoms. The van der Waals surface area contributed by atoms with E-state index in [1.807, 2.05) is 24.5 Å². The molecule has 0 spiro atoms. The molecule has 1 aromatic rings. The van der Waals surface area contributed by atoms with Crippen molar-refractivity contribution in [1.29, 1.82) is 0 Å². The van der Waals surface area contributed by atoms with Crippen LogP contribution in [0.25, 0.3) is 0 Å². The number of benzene rings is 1. The van der Waals surface area contributed by atoms with Crippen molar-refractivity contribution in [1.82, 2.24) is 0 Å². The van der Waals surface area contributed by atoms with Gasteiger partial charge in [0.05, 0.1) is 11.2 Å². The van der Waals surface area contributed by atoms with Gasteiger partial charge in [-0.2, -0.15) is 0 Å². The Labute approximate surface area is 80.2 Å². The molecule has 0 bridgehead atoms. The Morgan fingerprint density at radius 2 is 2.33 bits per heavy atom. The number of halogens is 1. The lowest BCUT2D eigenvalue weighted by molar-refractivity contribution is 0.322. The molecule has 0 saturated heterocycles. The molecule has 1 N–H and O–H groups in total. The maximum Gasteiger partial charge on any atom is 0.0745 e. The molecular weight excluding hydrogens is 194 g/mol. The molecule has 64 valence electrons. The molecule has 0 aromatic heterocycles. The van der Waals surface area contributed by atoms with Gasteiger partial charge in [-0.05, 0) is 12.3 Å². The summed E-state index contributed by atoms with van der Waals surface area (Å²) < 4.78 is 0. The van der Waals surface area contributed by atoms with Gasteiger partial charge in [-0.15, -0.1) is 11.8 Å². The third-order valence-electron chi connectivity index (χ3n) is 1.40. The lowest BCUT2D eigenvalue weighted by atomic mass is 10.2. The maximum atomic E-state index is 8.35. The summed E-state index contributed by atoms with van der Waals surface area (Å²) >= 11 is 7.43. The van der Waals surface area contributed by atoms with Crippen molar-refractivity contribution in [3.8, 4) is 0 Å². The highest BCUT2D eigenvalue weighted by molar-refractivity contribution is 7.98. The molecule has 0 amide bonds. The fourth-order valence-corrected chi connectivity index (χ4v) is 1.94. The van der Waals surface area contributed by atoms with Crippen LogP contribution in [0.15, 0.2) is 28.3 Å². The van der Waals surface area contributed by atoms with E-state index < -0.39 is 0 Å². The van der Waals surface area contributed by atoms with E-state index in [0.29, 0.717) is 5.02 Å². The number of rotatable bonds is 2. The lowest BCUT2D eigenvalue weighted by Gasteiger charge is -2.02. The topological polar surface area (TPSA) is 32.6 Å². The molecule has 0 unspecified atom stereocenters. The number of hydrogen-bond donors (Lipinski definition) is 1. The van der Waals surface area contributed by atoms with Crippen LogP contribution in [-0.2, 0) is 0 Å². The molecule has 1 rings (SSSR count). The summed E-state index contributed by atoms with van der Waals surface area (Å²) in [5.41, 5.74) is 0.831. The normalized spacial score (nSPS) is 10.8. The second-order valence-electron chi connectivity index (χ2n) is 2.11. The van der Waals surface area contributed by atoms with Gasteiger partial charge in [-0.1, -0.05) is 28.9 Å². The van der Waals surface area contributed by atoms with Gasteiger partial charge < -0.3 is 5.21 Å². The zero-order valence-corrected chi connectivity index (χ0v) is 8.06. The monoisotopic (exact) mass is 201 g/mol. The molecule has 0 aliphatic carbocycles. The van der Waals surface area contributed by atoms with Gasteiger partial charge in [0.25, 0.3) is 0 Å². The average Bonchev–Trinajstić information content (AvgIpc) is 2.05. The van der Waals surface area contributed by atoms with Crippen LogP contribution in [-0.4, -0.2) is 17.7 Å². The van der Waals surface area contributed by atoms with Crippen molar-refractivity contribution in [3.05, 3.63) is 28.8 Å². The third-order valence-corrected chi connectivity index (χ3v) is 2.69. The van der Waals surface area contributed by atoms with Crippen molar-refractivity contribution < 1.29 is 5.21 Å². The summed E-state index contributed by atoms with van der Waals surface area (Å²) in [6.07, 6.45) is 3.30. The molecule has 0 aliphatic rings. The Hall–Kier alpha value is -0.670. The summed E-state index contributed by atoms with van der Waals surface area (Å²) in [6.45, 7) is 0. The highest BCUT2D eigenvalue weighted by Gasteiger charge is 2.02. The Morgan fingerprint density at radius 3 is 2.92 bits per heavy atom. The van der Waals surface area contributed by atoms with Crippen LogP contribution in [0, 0.1) is 0 Å². The van der Waals surface area contributed by atoms with Gasteiger partial charge in [-0.25, -0.2) is 0 Å². The lowest BCUT2D eigenvalue weighted by Crippen LogP contribution is -1.85. The first kappa shape index (κ1) is 9.42. The summed E-state index contributed by atoms with van der Waals surface area (Å²) in [7, 11) is 0. The molecule has 0 saturated carbocycles. The molecule has 0 atom stereocenters. The van der Waals surface area contributed by atoms with Crippen LogP contribution in [0.5, 0.6) is 0 Å². The summed E-state index contributed by atoms with van der Waals surface area (Å²) in [6, 6.07) is 5.47. The van der Waals surface area contributed by atoms with E-state index >= 15 is 0 Å². The Balaban J connectivity index is 3.18. The predicted molar refractivity (Wildman–Crippen MR) is 52.6 cm³/mol. The SMILES string of the molecule is CSc1c(Cl)cccc1C=NO. The maximum absolute atomic E-state index is 8.35. The minimum Gasteiger partial charge on any atom is -0.411 e. The van der Waals surface area contributed by atoms with Crippen molar-refractivity contribution in [3.63, 3.8) is 0 Å². The van der Waals surface area contributed by atoms with E-state index in [0.717, 1.165) is 10.5 Å². The van der Waals surface area contributed by atoms with E-state index in [1.165, 1.54) is 18.0 Å². The Morgan fingerprint density at radius 1 is 1.58 bits per heavy atom. The van der Waals surface area contributed by atoms with Crippen molar-refractivity contribution >= 4 is 29.6 Å². The van der Waals surface area contributed by atoms with E-state index in [2.05, 4.69) is 5.16 Å². The van der Waals surface area contributed by atoms with Crippen LogP contribution in [0.2, 0.25) is 5.02 Å². The third kappa shape index (κ3) is 1.93. The van der Waals surface area contributed by atoms with E-state index in [1.54, 1.807) is 0 Å². The summed E-state index contributed by atoms with van der Waals surface area (Å²) in [4.78, 5) is 0.928. The smallest absolute Gasteiger partial charge is 0.0745 e. The van der Waals surface area contributed by atoms with Crippen molar-refractivity contribution in [2.24, 2.45) is 5.16 Å². The molecule has 0 heterocycles. The highest BCUT2D eigenvalue weighted by atomic mass is 35.5. The fraction of sp³-hybridized carbons (Fsp3) is 0.125. The minimum absolute atomic E-state index is 0.680. The van der Waals surface area contributed by atoms with Crippen LogP contribution < -0.4 is 0 Å². The minimum atomic E-state index is 0.680. The molecular formula is C8H8ClNOS. The van der Waals surface area contributed by atoms with Gasteiger partial charge in [0, 0.05) is 10.5 Å². The van der Waals surface area contributed by atoms with Gasteiger partial charge in [-0.3, -0.25) is 0 Å². The van der Waals surface area contributed by atoms with Gasteiger partial charge in [0.1, 0.15) is 0 Å². The molecule has 2 nitrogen and oxygen atoms in total. The largest absolute Gasteiger partial charge is 0.411 e. The van der Waals surface area contributed by atoms with E-state index in [9.17, 15) is 0 Å². The zero-order valence-electron chi connectivity index (χ0n) is 6.49. The highest BCUT2D eigenvalue weighted by Crippen LogP contribution is 2.27. The zero-order chi connectivity index (χ0) is 8.97. The average molecular weight is 202 g/mol. The second kappa shape index (κ2) is 4.38. The Bertz CT molecular complexity index is 301. The van der Waals surface area contributed by atoms with Crippen LogP contribution in [0.1, 0.15) is 5.56 Å². The van der Waals surface area contributed by atoms with Gasteiger partial charge >= 0.3 is 0 Å². The predicted octanol–water partition coefficient (Wildman–Crippen LogP) is 2.87. The number of hydrogen-bond acceptors (Lipinski definition) is 3. The van der Waals surface area contributed by atoms with Crippen molar-refractivity contribution in [2.75, 3.05) is 6.26 Å². The van der Waals surface area contributed by atoms with Gasteiger partial charge in [0.15, 0.2) is 0 Å².